The van der Waals surface area contributed by atoms with Gasteiger partial charge in [-0.05, 0) is 45.9 Å². The molecule has 2 heterocycles. The number of rotatable bonds is 4. The van der Waals surface area contributed by atoms with E-state index in [0.717, 1.165) is 25.9 Å². The van der Waals surface area contributed by atoms with Crippen molar-refractivity contribution >= 4 is 11.7 Å². The molecule has 0 spiro atoms. The Morgan fingerprint density at radius 2 is 2.30 bits per heavy atom. The van der Waals surface area contributed by atoms with Crippen LogP contribution < -0.4 is 10.6 Å². The zero-order valence-corrected chi connectivity index (χ0v) is 12.5. The van der Waals surface area contributed by atoms with Gasteiger partial charge in [0.1, 0.15) is 5.82 Å². The van der Waals surface area contributed by atoms with Crippen molar-refractivity contribution in [1.82, 2.24) is 15.2 Å². The summed E-state index contributed by atoms with van der Waals surface area (Å²) >= 11 is 0. The number of hydrogen-bond acceptors (Lipinski definition) is 4. The molecule has 0 aliphatic carbocycles. The molecule has 0 aromatic carbocycles. The molecule has 1 aliphatic heterocycles. The number of nitrogens with one attached hydrogen (secondary N) is 2. The van der Waals surface area contributed by atoms with Gasteiger partial charge in [0.15, 0.2) is 0 Å². The lowest BCUT2D eigenvalue weighted by atomic mass is 10.0. The van der Waals surface area contributed by atoms with E-state index in [2.05, 4.69) is 15.6 Å². The van der Waals surface area contributed by atoms with Gasteiger partial charge in [0.25, 0.3) is 5.91 Å². The second-order valence-electron chi connectivity index (χ2n) is 5.58. The number of likely N-dealkylation sites (N-methyl/N-ethyl adjacent to an activating group) is 1. The Kier molecular flexibility index (Phi) is 4.95. The lowest BCUT2D eigenvalue weighted by molar-refractivity contribution is 0.0699. The van der Waals surface area contributed by atoms with Gasteiger partial charge in [-0.2, -0.15) is 0 Å². The summed E-state index contributed by atoms with van der Waals surface area (Å²) in [5.41, 5.74) is 0.665. The molecule has 1 saturated heterocycles. The number of anilines is 1. The highest BCUT2D eigenvalue weighted by atomic mass is 16.2. The molecule has 5 nitrogen and oxygen atoms in total. The lowest BCUT2D eigenvalue weighted by Crippen LogP contribution is -2.47. The van der Waals surface area contributed by atoms with Gasteiger partial charge in [0.05, 0.1) is 5.56 Å². The van der Waals surface area contributed by atoms with Crippen molar-refractivity contribution in [3.63, 3.8) is 0 Å². The van der Waals surface area contributed by atoms with Crippen molar-refractivity contribution in [2.24, 2.45) is 0 Å². The van der Waals surface area contributed by atoms with E-state index in [9.17, 15) is 4.79 Å². The number of piperidine rings is 1. The molecule has 1 aromatic rings. The van der Waals surface area contributed by atoms with Gasteiger partial charge in [-0.25, -0.2) is 4.98 Å². The van der Waals surface area contributed by atoms with Gasteiger partial charge in [-0.15, -0.1) is 0 Å². The number of carbonyl (C=O) groups excluding carboxylic acids is 1. The molecule has 0 bridgehead atoms. The molecular weight excluding hydrogens is 252 g/mol. The minimum atomic E-state index is 0.0706. The Morgan fingerprint density at radius 3 is 3.00 bits per heavy atom. The number of aromatic nitrogens is 1. The van der Waals surface area contributed by atoms with Crippen LogP contribution in [0.15, 0.2) is 18.3 Å². The first kappa shape index (κ1) is 14.8. The van der Waals surface area contributed by atoms with Gasteiger partial charge in [-0.3, -0.25) is 4.79 Å². The molecule has 1 fully saturated rings. The number of hydrogen-bond donors (Lipinski definition) is 2. The van der Waals surface area contributed by atoms with Crippen LogP contribution >= 0.6 is 0 Å². The Labute approximate surface area is 120 Å². The number of pyridine rings is 1. The minimum absolute atomic E-state index is 0.0706. The summed E-state index contributed by atoms with van der Waals surface area (Å²) in [5, 5.41) is 6.51. The maximum atomic E-state index is 12.7. The molecule has 5 heteroatoms. The van der Waals surface area contributed by atoms with Crippen LogP contribution in [0, 0.1) is 0 Å². The predicted octanol–water partition coefficient (Wildman–Crippen LogP) is 1.73. The van der Waals surface area contributed by atoms with E-state index in [1.807, 2.05) is 37.9 Å². The van der Waals surface area contributed by atoms with Crippen LogP contribution in [0.1, 0.15) is 37.0 Å². The van der Waals surface area contributed by atoms with E-state index >= 15 is 0 Å². The predicted molar refractivity (Wildman–Crippen MR) is 81.0 cm³/mol. The fourth-order valence-electron chi connectivity index (χ4n) is 2.53. The molecule has 2 rings (SSSR count). The highest BCUT2D eigenvalue weighted by Crippen LogP contribution is 2.18. The van der Waals surface area contributed by atoms with Crippen LogP contribution in [0.4, 0.5) is 5.82 Å². The maximum absolute atomic E-state index is 12.7. The monoisotopic (exact) mass is 276 g/mol. The first-order chi connectivity index (χ1) is 9.61. The standard InChI is InChI=1S/C15H24N4O/c1-11(2)18-14-13(7-4-8-17-14)15(20)19-9-5-6-12(10-19)16-3/h4,7-8,11-12,16H,5-6,9-10H2,1-3H3,(H,17,18). The number of nitrogens with zero attached hydrogens (tertiary/aromatic N) is 2. The van der Waals surface area contributed by atoms with Crippen molar-refractivity contribution in [3.05, 3.63) is 23.9 Å². The molecule has 110 valence electrons. The topological polar surface area (TPSA) is 57.3 Å². The van der Waals surface area contributed by atoms with Crippen LogP contribution in [0.3, 0.4) is 0 Å². The van der Waals surface area contributed by atoms with Crippen LogP contribution in [-0.2, 0) is 0 Å². The minimum Gasteiger partial charge on any atom is -0.367 e. The molecule has 20 heavy (non-hydrogen) atoms. The number of amides is 1. The molecule has 0 saturated carbocycles. The van der Waals surface area contributed by atoms with Crippen LogP contribution in [0.2, 0.25) is 0 Å². The van der Waals surface area contributed by atoms with Gasteiger partial charge in [0.2, 0.25) is 0 Å². The third-order valence-electron chi connectivity index (χ3n) is 3.58. The highest BCUT2D eigenvalue weighted by molar-refractivity contribution is 5.98. The van der Waals surface area contributed by atoms with E-state index in [0.29, 0.717) is 17.4 Å². The van der Waals surface area contributed by atoms with Gasteiger partial charge in [0, 0.05) is 31.4 Å². The Bertz CT molecular complexity index is 461. The Morgan fingerprint density at radius 1 is 1.50 bits per heavy atom. The average molecular weight is 276 g/mol. The third-order valence-corrected chi connectivity index (χ3v) is 3.58. The summed E-state index contributed by atoms with van der Waals surface area (Å²) in [4.78, 5) is 18.9. The van der Waals surface area contributed by atoms with E-state index in [1.54, 1.807) is 6.20 Å². The van der Waals surface area contributed by atoms with Crippen LogP contribution in [-0.4, -0.2) is 48.0 Å². The first-order valence-corrected chi connectivity index (χ1v) is 7.30. The van der Waals surface area contributed by atoms with Crippen molar-refractivity contribution < 1.29 is 4.79 Å². The highest BCUT2D eigenvalue weighted by Gasteiger charge is 2.25. The lowest BCUT2D eigenvalue weighted by Gasteiger charge is -2.33. The fraction of sp³-hybridized carbons (Fsp3) is 0.600. The summed E-state index contributed by atoms with van der Waals surface area (Å²) < 4.78 is 0. The number of carbonyl (C=O) groups is 1. The second-order valence-corrected chi connectivity index (χ2v) is 5.58. The first-order valence-electron chi connectivity index (χ1n) is 7.30. The molecule has 0 radical (unpaired) electrons. The quantitative estimate of drug-likeness (QED) is 0.879. The van der Waals surface area contributed by atoms with E-state index in [-0.39, 0.29) is 11.9 Å². The van der Waals surface area contributed by atoms with E-state index < -0.39 is 0 Å². The van der Waals surface area contributed by atoms with Gasteiger partial charge < -0.3 is 15.5 Å². The van der Waals surface area contributed by atoms with Crippen molar-refractivity contribution in [2.45, 2.75) is 38.8 Å². The van der Waals surface area contributed by atoms with Gasteiger partial charge >= 0.3 is 0 Å². The van der Waals surface area contributed by atoms with Gasteiger partial charge in [-0.1, -0.05) is 0 Å². The summed E-state index contributed by atoms with van der Waals surface area (Å²) in [6, 6.07) is 4.31. The molecule has 1 atom stereocenters. The maximum Gasteiger partial charge on any atom is 0.257 e. The normalized spacial score (nSPS) is 19.2. The zero-order chi connectivity index (χ0) is 14.5. The van der Waals surface area contributed by atoms with Crippen molar-refractivity contribution in [1.29, 1.82) is 0 Å². The molecule has 1 unspecified atom stereocenters. The Balaban J connectivity index is 2.16. The van der Waals surface area contributed by atoms with E-state index in [1.165, 1.54) is 0 Å². The van der Waals surface area contributed by atoms with Crippen LogP contribution in [0.5, 0.6) is 0 Å². The molecule has 1 aliphatic rings. The average Bonchev–Trinajstić information content (AvgIpc) is 2.46. The summed E-state index contributed by atoms with van der Waals surface area (Å²) in [6.07, 6.45) is 3.89. The zero-order valence-electron chi connectivity index (χ0n) is 12.5. The fourth-order valence-corrected chi connectivity index (χ4v) is 2.53. The SMILES string of the molecule is CNC1CCCN(C(=O)c2cccnc2NC(C)C)C1. The summed E-state index contributed by atoms with van der Waals surface area (Å²) in [5.74, 6) is 0.750. The summed E-state index contributed by atoms with van der Waals surface area (Å²) in [7, 11) is 1.95. The number of likely N-dealkylation sites (tertiary alicyclic amines) is 1. The van der Waals surface area contributed by atoms with Crippen molar-refractivity contribution in [2.75, 3.05) is 25.5 Å². The van der Waals surface area contributed by atoms with E-state index in [4.69, 9.17) is 0 Å². The van der Waals surface area contributed by atoms with Crippen LogP contribution in [0.25, 0.3) is 0 Å². The summed E-state index contributed by atoms with van der Waals surface area (Å²) in [6.45, 7) is 5.68. The molecule has 1 aromatic heterocycles. The smallest absolute Gasteiger partial charge is 0.257 e. The Hall–Kier alpha value is -1.62. The largest absolute Gasteiger partial charge is 0.367 e. The molecular formula is C15H24N4O. The third kappa shape index (κ3) is 3.48. The van der Waals surface area contributed by atoms with Crippen molar-refractivity contribution in [3.8, 4) is 0 Å². The molecule has 2 N–H and O–H groups in total. The molecule has 1 amide bonds. The second kappa shape index (κ2) is 6.70.